The Balaban J connectivity index is 1.90. The van der Waals surface area contributed by atoms with Crippen molar-refractivity contribution in [1.29, 1.82) is 0 Å². The third kappa shape index (κ3) is 6.17. The molecule has 6 heteroatoms. The SMILES string of the molecule is Cc1cc(NCCC(C)C)nc(NCCc2ccc(Cl)cc2Cl)n1. The number of rotatable bonds is 8. The van der Waals surface area contributed by atoms with Gasteiger partial charge in [-0.15, -0.1) is 0 Å². The van der Waals surface area contributed by atoms with Crippen LogP contribution in [0.5, 0.6) is 0 Å². The number of aryl methyl sites for hydroxylation is 1. The summed E-state index contributed by atoms with van der Waals surface area (Å²) in [6, 6.07) is 7.52. The summed E-state index contributed by atoms with van der Waals surface area (Å²) >= 11 is 12.1. The summed E-state index contributed by atoms with van der Waals surface area (Å²) in [5.74, 6) is 2.16. The van der Waals surface area contributed by atoms with E-state index >= 15 is 0 Å². The van der Waals surface area contributed by atoms with Crippen LogP contribution in [-0.2, 0) is 6.42 Å². The maximum Gasteiger partial charge on any atom is 0.224 e. The lowest BCUT2D eigenvalue weighted by Crippen LogP contribution is -2.12. The van der Waals surface area contributed by atoms with Crippen molar-refractivity contribution in [1.82, 2.24) is 9.97 Å². The first kappa shape index (κ1) is 18.8. The number of halogens is 2. The van der Waals surface area contributed by atoms with Gasteiger partial charge in [0.1, 0.15) is 5.82 Å². The molecule has 0 unspecified atom stereocenters. The molecule has 0 spiro atoms. The molecule has 0 fully saturated rings. The first-order valence-corrected chi connectivity index (χ1v) is 8.97. The highest BCUT2D eigenvalue weighted by atomic mass is 35.5. The summed E-state index contributed by atoms with van der Waals surface area (Å²) in [7, 11) is 0. The first-order valence-electron chi connectivity index (χ1n) is 8.21. The van der Waals surface area contributed by atoms with Gasteiger partial charge in [-0.2, -0.15) is 4.98 Å². The molecule has 0 aliphatic heterocycles. The van der Waals surface area contributed by atoms with Crippen molar-refractivity contribution in [3.05, 3.63) is 45.6 Å². The van der Waals surface area contributed by atoms with Gasteiger partial charge in [-0.3, -0.25) is 0 Å². The molecule has 2 rings (SSSR count). The standard InChI is InChI=1S/C18H24Cl2N4/c1-12(2)6-8-21-17-10-13(3)23-18(24-17)22-9-7-14-4-5-15(19)11-16(14)20/h4-5,10-12H,6-9H2,1-3H3,(H2,21,22,23,24). The fraction of sp³-hybridized carbons (Fsp3) is 0.444. The van der Waals surface area contributed by atoms with Gasteiger partial charge in [0.25, 0.3) is 0 Å². The van der Waals surface area contributed by atoms with E-state index in [0.717, 1.165) is 36.5 Å². The predicted molar refractivity (Wildman–Crippen MR) is 103 cm³/mol. The van der Waals surface area contributed by atoms with Crippen molar-refractivity contribution in [2.75, 3.05) is 23.7 Å². The monoisotopic (exact) mass is 366 g/mol. The zero-order valence-electron chi connectivity index (χ0n) is 14.4. The van der Waals surface area contributed by atoms with Crippen molar-refractivity contribution in [2.45, 2.75) is 33.6 Å². The Kier molecular flexibility index (Phi) is 7.13. The quantitative estimate of drug-likeness (QED) is 0.673. The molecular formula is C18H24Cl2N4. The molecule has 0 saturated carbocycles. The topological polar surface area (TPSA) is 49.8 Å². The number of nitrogens with zero attached hydrogens (tertiary/aromatic N) is 2. The molecule has 0 atom stereocenters. The molecule has 130 valence electrons. The van der Waals surface area contributed by atoms with Gasteiger partial charge >= 0.3 is 0 Å². The number of benzene rings is 1. The molecule has 0 amide bonds. The summed E-state index contributed by atoms with van der Waals surface area (Å²) in [5, 5.41) is 7.95. The molecule has 1 aromatic carbocycles. The Labute approximate surface area is 154 Å². The Bertz CT molecular complexity index is 674. The van der Waals surface area contributed by atoms with Crippen LogP contribution in [0.25, 0.3) is 0 Å². The maximum atomic E-state index is 6.19. The minimum Gasteiger partial charge on any atom is -0.370 e. The molecule has 2 N–H and O–H groups in total. The molecule has 0 saturated heterocycles. The van der Waals surface area contributed by atoms with Gasteiger partial charge < -0.3 is 10.6 Å². The van der Waals surface area contributed by atoms with Gasteiger partial charge in [0.05, 0.1) is 0 Å². The zero-order valence-corrected chi connectivity index (χ0v) is 15.9. The van der Waals surface area contributed by atoms with Crippen LogP contribution >= 0.6 is 23.2 Å². The number of hydrogen-bond donors (Lipinski definition) is 2. The van der Waals surface area contributed by atoms with E-state index in [1.54, 1.807) is 6.07 Å². The van der Waals surface area contributed by atoms with Crippen molar-refractivity contribution < 1.29 is 0 Å². The zero-order chi connectivity index (χ0) is 17.5. The fourth-order valence-corrected chi connectivity index (χ4v) is 2.76. The van der Waals surface area contributed by atoms with E-state index in [2.05, 4.69) is 34.4 Å². The summed E-state index contributed by atoms with van der Waals surface area (Å²) in [5.41, 5.74) is 1.99. The normalized spacial score (nSPS) is 10.9. The second-order valence-corrected chi connectivity index (χ2v) is 7.08. The summed E-state index contributed by atoms with van der Waals surface area (Å²) in [6.07, 6.45) is 1.89. The van der Waals surface area contributed by atoms with Crippen molar-refractivity contribution >= 4 is 35.0 Å². The average Bonchev–Trinajstić information content (AvgIpc) is 2.48. The Morgan fingerprint density at radius 2 is 1.83 bits per heavy atom. The highest BCUT2D eigenvalue weighted by molar-refractivity contribution is 6.35. The van der Waals surface area contributed by atoms with Crippen LogP contribution in [-0.4, -0.2) is 23.1 Å². The van der Waals surface area contributed by atoms with Crippen LogP contribution in [0.15, 0.2) is 24.3 Å². The van der Waals surface area contributed by atoms with Gasteiger partial charge in [-0.1, -0.05) is 43.1 Å². The third-order valence-electron chi connectivity index (χ3n) is 3.57. The van der Waals surface area contributed by atoms with Crippen molar-refractivity contribution in [3.63, 3.8) is 0 Å². The maximum absolute atomic E-state index is 6.19. The predicted octanol–water partition coefficient (Wildman–Crippen LogP) is 5.20. The molecule has 2 aromatic rings. The van der Waals surface area contributed by atoms with Gasteiger partial charge in [0, 0.05) is 34.9 Å². The largest absolute Gasteiger partial charge is 0.370 e. The van der Waals surface area contributed by atoms with E-state index in [0.29, 0.717) is 28.5 Å². The number of anilines is 2. The highest BCUT2D eigenvalue weighted by Crippen LogP contribution is 2.21. The molecule has 0 radical (unpaired) electrons. The Hall–Kier alpha value is -1.52. The fourth-order valence-electron chi connectivity index (χ4n) is 2.26. The van der Waals surface area contributed by atoms with Crippen LogP contribution in [0.2, 0.25) is 10.0 Å². The van der Waals surface area contributed by atoms with E-state index in [4.69, 9.17) is 23.2 Å². The van der Waals surface area contributed by atoms with Gasteiger partial charge in [0.2, 0.25) is 5.95 Å². The lowest BCUT2D eigenvalue weighted by Gasteiger charge is -2.11. The lowest BCUT2D eigenvalue weighted by atomic mass is 10.1. The van der Waals surface area contributed by atoms with Crippen LogP contribution in [0.4, 0.5) is 11.8 Å². The van der Waals surface area contributed by atoms with Gasteiger partial charge in [-0.25, -0.2) is 4.98 Å². The summed E-state index contributed by atoms with van der Waals surface area (Å²) in [6.45, 7) is 8.00. The molecule has 24 heavy (non-hydrogen) atoms. The van der Waals surface area contributed by atoms with Crippen molar-refractivity contribution in [3.8, 4) is 0 Å². The molecule has 1 aromatic heterocycles. The second-order valence-electron chi connectivity index (χ2n) is 6.24. The minimum absolute atomic E-state index is 0.632. The van der Waals surface area contributed by atoms with Gasteiger partial charge in [0.15, 0.2) is 0 Å². The number of aromatic nitrogens is 2. The first-order chi connectivity index (χ1) is 11.4. The van der Waals surface area contributed by atoms with Crippen LogP contribution in [0.3, 0.4) is 0 Å². The average molecular weight is 367 g/mol. The van der Waals surface area contributed by atoms with Crippen molar-refractivity contribution in [2.24, 2.45) is 5.92 Å². The van der Waals surface area contributed by atoms with E-state index in [1.807, 2.05) is 25.1 Å². The van der Waals surface area contributed by atoms with E-state index in [-0.39, 0.29) is 0 Å². The summed E-state index contributed by atoms with van der Waals surface area (Å²) in [4.78, 5) is 8.94. The highest BCUT2D eigenvalue weighted by Gasteiger charge is 2.04. The van der Waals surface area contributed by atoms with E-state index < -0.39 is 0 Å². The molecular weight excluding hydrogens is 343 g/mol. The van der Waals surface area contributed by atoms with Crippen LogP contribution < -0.4 is 10.6 Å². The van der Waals surface area contributed by atoms with E-state index in [9.17, 15) is 0 Å². The molecule has 1 heterocycles. The van der Waals surface area contributed by atoms with Crippen LogP contribution in [0.1, 0.15) is 31.5 Å². The smallest absolute Gasteiger partial charge is 0.224 e. The second kappa shape index (κ2) is 9.09. The number of hydrogen-bond acceptors (Lipinski definition) is 4. The molecule has 0 aliphatic rings. The lowest BCUT2D eigenvalue weighted by molar-refractivity contribution is 0.606. The Morgan fingerprint density at radius 3 is 2.54 bits per heavy atom. The van der Waals surface area contributed by atoms with E-state index in [1.165, 1.54) is 0 Å². The number of nitrogens with one attached hydrogen (secondary N) is 2. The molecule has 4 nitrogen and oxygen atoms in total. The van der Waals surface area contributed by atoms with Gasteiger partial charge in [-0.05, 0) is 43.4 Å². The Morgan fingerprint density at radius 1 is 1.04 bits per heavy atom. The van der Waals surface area contributed by atoms with Crippen LogP contribution in [0, 0.1) is 12.8 Å². The molecule has 0 bridgehead atoms. The minimum atomic E-state index is 0.632. The molecule has 0 aliphatic carbocycles. The summed E-state index contributed by atoms with van der Waals surface area (Å²) < 4.78 is 0. The third-order valence-corrected chi connectivity index (χ3v) is 4.16.